The van der Waals surface area contributed by atoms with Gasteiger partial charge in [0.05, 0.1) is 12.2 Å². The van der Waals surface area contributed by atoms with Gasteiger partial charge in [-0.2, -0.15) is 0 Å². The first kappa shape index (κ1) is 13.9. The van der Waals surface area contributed by atoms with E-state index in [0.29, 0.717) is 6.10 Å². The minimum absolute atomic E-state index is 0.387. The first-order valence-corrected chi connectivity index (χ1v) is 7.10. The summed E-state index contributed by atoms with van der Waals surface area (Å²) < 4.78 is 5.58. The molecule has 0 aliphatic carbocycles. The number of hydrogen-bond donors (Lipinski definition) is 1. The van der Waals surface area contributed by atoms with Gasteiger partial charge < -0.3 is 9.84 Å². The normalized spacial score (nSPS) is 21.2. The molecule has 0 saturated carbocycles. The van der Waals surface area contributed by atoms with E-state index in [9.17, 15) is 5.11 Å². The van der Waals surface area contributed by atoms with Crippen LogP contribution in [0.15, 0.2) is 18.2 Å². The summed E-state index contributed by atoms with van der Waals surface area (Å²) in [6.45, 7) is 2.87. The highest BCUT2D eigenvalue weighted by molar-refractivity contribution is 6.31. The van der Waals surface area contributed by atoms with Crippen molar-refractivity contribution in [1.29, 1.82) is 0 Å². The Morgan fingerprint density at radius 3 is 3.00 bits per heavy atom. The summed E-state index contributed by atoms with van der Waals surface area (Å²) in [5, 5.41) is 10.9. The second-order valence-electron chi connectivity index (χ2n) is 5.09. The molecule has 0 spiro atoms. The first-order chi connectivity index (χ1) is 8.66. The molecular weight excluding hydrogens is 248 g/mol. The highest BCUT2D eigenvalue weighted by Crippen LogP contribution is 2.25. The van der Waals surface area contributed by atoms with Gasteiger partial charge in [-0.05, 0) is 56.2 Å². The first-order valence-electron chi connectivity index (χ1n) is 6.72. The molecule has 2 atom stereocenters. The molecular formula is C15H21ClO2. The number of halogens is 1. The molecule has 1 aliphatic rings. The highest BCUT2D eigenvalue weighted by atomic mass is 35.5. The van der Waals surface area contributed by atoms with Gasteiger partial charge in [0, 0.05) is 11.6 Å². The maximum absolute atomic E-state index is 10.1. The van der Waals surface area contributed by atoms with Crippen LogP contribution in [0.2, 0.25) is 5.02 Å². The van der Waals surface area contributed by atoms with E-state index in [2.05, 4.69) is 0 Å². The number of aliphatic hydroxyl groups is 1. The Balaban J connectivity index is 1.79. The average Bonchev–Trinajstić information content (AvgIpc) is 2.85. The number of aryl methyl sites for hydroxylation is 1. The van der Waals surface area contributed by atoms with Crippen LogP contribution < -0.4 is 0 Å². The van der Waals surface area contributed by atoms with Crippen LogP contribution in [0.1, 0.15) is 49.3 Å². The van der Waals surface area contributed by atoms with Crippen LogP contribution in [0.3, 0.4) is 0 Å². The minimum Gasteiger partial charge on any atom is -0.388 e. The molecule has 18 heavy (non-hydrogen) atoms. The van der Waals surface area contributed by atoms with E-state index in [-0.39, 0.29) is 6.10 Å². The lowest BCUT2D eigenvalue weighted by molar-refractivity contribution is 0.0944. The zero-order chi connectivity index (χ0) is 13.0. The molecule has 2 rings (SSSR count). The van der Waals surface area contributed by atoms with E-state index in [1.807, 2.05) is 25.1 Å². The lowest BCUT2D eigenvalue weighted by Crippen LogP contribution is -2.06. The third-order valence-electron chi connectivity index (χ3n) is 3.59. The Labute approximate surface area is 114 Å². The molecule has 2 unspecified atom stereocenters. The molecule has 1 heterocycles. The van der Waals surface area contributed by atoms with Crippen molar-refractivity contribution in [2.24, 2.45) is 0 Å². The predicted molar refractivity (Wildman–Crippen MR) is 74.0 cm³/mol. The van der Waals surface area contributed by atoms with Crippen molar-refractivity contribution in [3.63, 3.8) is 0 Å². The van der Waals surface area contributed by atoms with Crippen LogP contribution in [0.5, 0.6) is 0 Å². The van der Waals surface area contributed by atoms with Crippen molar-refractivity contribution in [1.82, 2.24) is 0 Å². The molecule has 1 aromatic carbocycles. The molecule has 2 nitrogen and oxygen atoms in total. The van der Waals surface area contributed by atoms with Gasteiger partial charge in [0.2, 0.25) is 0 Å². The summed E-state index contributed by atoms with van der Waals surface area (Å²) in [6, 6.07) is 5.74. The van der Waals surface area contributed by atoms with Gasteiger partial charge in [-0.1, -0.05) is 23.7 Å². The fraction of sp³-hybridized carbons (Fsp3) is 0.600. The Kier molecular flexibility index (Phi) is 5.04. The molecule has 0 bridgehead atoms. The summed E-state index contributed by atoms with van der Waals surface area (Å²) in [7, 11) is 0. The monoisotopic (exact) mass is 268 g/mol. The maximum Gasteiger partial charge on any atom is 0.0790 e. The molecule has 1 fully saturated rings. The fourth-order valence-corrected chi connectivity index (χ4v) is 2.57. The van der Waals surface area contributed by atoms with E-state index in [4.69, 9.17) is 16.3 Å². The number of hydrogen-bond acceptors (Lipinski definition) is 2. The van der Waals surface area contributed by atoms with Crippen molar-refractivity contribution in [2.45, 2.75) is 51.2 Å². The molecule has 1 aromatic rings. The number of ether oxygens (including phenoxy) is 1. The quantitative estimate of drug-likeness (QED) is 0.874. The summed E-state index contributed by atoms with van der Waals surface area (Å²) in [6.07, 6.45) is 5.25. The predicted octanol–water partition coefficient (Wildman–Crippen LogP) is 4.03. The molecule has 1 saturated heterocycles. The van der Waals surface area contributed by atoms with Crippen LogP contribution in [-0.4, -0.2) is 17.8 Å². The lowest BCUT2D eigenvalue weighted by atomic mass is 10.0. The van der Waals surface area contributed by atoms with Gasteiger partial charge in [-0.3, -0.25) is 0 Å². The van der Waals surface area contributed by atoms with Crippen LogP contribution in [-0.2, 0) is 4.74 Å². The topological polar surface area (TPSA) is 29.5 Å². The van der Waals surface area contributed by atoms with Crippen molar-refractivity contribution in [2.75, 3.05) is 6.61 Å². The Morgan fingerprint density at radius 2 is 2.33 bits per heavy atom. The van der Waals surface area contributed by atoms with E-state index in [0.717, 1.165) is 42.0 Å². The largest absolute Gasteiger partial charge is 0.388 e. The van der Waals surface area contributed by atoms with Gasteiger partial charge >= 0.3 is 0 Å². The third kappa shape index (κ3) is 3.71. The minimum atomic E-state index is -0.387. The SMILES string of the molecule is Cc1cc(C(O)CCCC2CCCO2)ccc1Cl. The van der Waals surface area contributed by atoms with Crippen molar-refractivity contribution < 1.29 is 9.84 Å². The Hall–Kier alpha value is -0.570. The molecule has 3 heteroatoms. The van der Waals surface area contributed by atoms with Crippen molar-refractivity contribution >= 4 is 11.6 Å². The molecule has 100 valence electrons. The molecule has 0 aromatic heterocycles. The highest BCUT2D eigenvalue weighted by Gasteiger charge is 2.16. The number of aliphatic hydroxyl groups excluding tert-OH is 1. The van der Waals surface area contributed by atoms with Crippen LogP contribution >= 0.6 is 11.6 Å². The molecule has 0 amide bonds. The van der Waals surface area contributed by atoms with Gasteiger partial charge in [-0.25, -0.2) is 0 Å². The Morgan fingerprint density at radius 1 is 1.50 bits per heavy atom. The van der Waals surface area contributed by atoms with Gasteiger partial charge in [0.15, 0.2) is 0 Å². The Bertz CT molecular complexity index is 386. The maximum atomic E-state index is 10.1. The van der Waals surface area contributed by atoms with Crippen LogP contribution in [0.25, 0.3) is 0 Å². The van der Waals surface area contributed by atoms with Crippen molar-refractivity contribution in [3.05, 3.63) is 34.3 Å². The fourth-order valence-electron chi connectivity index (χ4n) is 2.45. The summed E-state index contributed by atoms with van der Waals surface area (Å²) in [5.41, 5.74) is 1.98. The van der Waals surface area contributed by atoms with Gasteiger partial charge in [0.25, 0.3) is 0 Å². The van der Waals surface area contributed by atoms with Gasteiger partial charge in [0.1, 0.15) is 0 Å². The third-order valence-corrected chi connectivity index (χ3v) is 4.02. The van der Waals surface area contributed by atoms with E-state index in [1.54, 1.807) is 0 Å². The van der Waals surface area contributed by atoms with E-state index >= 15 is 0 Å². The molecule has 0 radical (unpaired) electrons. The smallest absolute Gasteiger partial charge is 0.0790 e. The molecule has 1 N–H and O–H groups in total. The number of rotatable bonds is 5. The standard InChI is InChI=1S/C15H21ClO2/c1-11-10-12(7-8-14(11)16)15(17)6-2-4-13-5-3-9-18-13/h7-8,10,13,15,17H,2-6,9H2,1H3. The second kappa shape index (κ2) is 6.55. The van der Waals surface area contributed by atoms with Crippen LogP contribution in [0.4, 0.5) is 0 Å². The van der Waals surface area contributed by atoms with E-state index in [1.165, 1.54) is 12.8 Å². The summed E-state index contributed by atoms with van der Waals surface area (Å²) >= 11 is 5.98. The second-order valence-corrected chi connectivity index (χ2v) is 5.50. The van der Waals surface area contributed by atoms with Gasteiger partial charge in [-0.15, -0.1) is 0 Å². The summed E-state index contributed by atoms with van der Waals surface area (Å²) in [5.74, 6) is 0. The number of benzene rings is 1. The zero-order valence-corrected chi connectivity index (χ0v) is 11.6. The average molecular weight is 269 g/mol. The van der Waals surface area contributed by atoms with Crippen LogP contribution in [0, 0.1) is 6.92 Å². The molecule has 1 aliphatic heterocycles. The van der Waals surface area contributed by atoms with E-state index < -0.39 is 0 Å². The lowest BCUT2D eigenvalue weighted by Gasteiger charge is -2.14. The zero-order valence-electron chi connectivity index (χ0n) is 10.9. The van der Waals surface area contributed by atoms with Crippen molar-refractivity contribution in [3.8, 4) is 0 Å². The summed E-state index contributed by atoms with van der Waals surface area (Å²) in [4.78, 5) is 0.